The zero-order chi connectivity index (χ0) is 22.6. The van der Waals surface area contributed by atoms with Crippen LogP contribution < -0.4 is 4.74 Å². The molecule has 0 bridgehead atoms. The standard InChI is InChI=1S/C28H40N2O2/c1-5-29(24-14-19-32-28(20-24)15-17-30(18-16-28)22(2)3)21-23-10-6-7-11-25(23)26-12-8-9-13-27(26)31-4/h6-13,22,24H,5,14-21H2,1-4H3. The number of ether oxygens (including phenoxy) is 2. The molecule has 0 aromatic heterocycles. The molecular formula is C28H40N2O2. The molecule has 2 heterocycles. The first kappa shape index (κ1) is 23.3. The summed E-state index contributed by atoms with van der Waals surface area (Å²) < 4.78 is 12.1. The van der Waals surface area contributed by atoms with Crippen LogP contribution in [-0.2, 0) is 11.3 Å². The number of piperidine rings is 1. The highest BCUT2D eigenvalue weighted by Crippen LogP contribution is 2.38. The van der Waals surface area contributed by atoms with Crippen molar-refractivity contribution in [3.05, 3.63) is 54.1 Å². The van der Waals surface area contributed by atoms with Gasteiger partial charge in [0.25, 0.3) is 0 Å². The maximum atomic E-state index is 6.46. The highest BCUT2D eigenvalue weighted by Gasteiger charge is 2.41. The number of benzene rings is 2. The molecular weight excluding hydrogens is 396 g/mol. The lowest BCUT2D eigenvalue weighted by molar-refractivity contribution is -0.135. The molecule has 2 aromatic carbocycles. The maximum Gasteiger partial charge on any atom is 0.126 e. The average Bonchev–Trinajstić information content (AvgIpc) is 2.83. The van der Waals surface area contributed by atoms with Crippen LogP contribution in [0.1, 0.15) is 52.0 Å². The van der Waals surface area contributed by atoms with Crippen molar-refractivity contribution in [1.82, 2.24) is 9.80 Å². The van der Waals surface area contributed by atoms with E-state index in [9.17, 15) is 0 Å². The molecule has 2 aromatic rings. The van der Waals surface area contributed by atoms with Crippen LogP contribution in [0, 0.1) is 0 Å². The second kappa shape index (κ2) is 10.4. The van der Waals surface area contributed by atoms with E-state index in [1.54, 1.807) is 7.11 Å². The highest BCUT2D eigenvalue weighted by atomic mass is 16.5. The van der Waals surface area contributed by atoms with Crippen molar-refractivity contribution in [2.24, 2.45) is 0 Å². The van der Waals surface area contributed by atoms with Gasteiger partial charge in [-0.1, -0.05) is 49.4 Å². The monoisotopic (exact) mass is 436 g/mol. The van der Waals surface area contributed by atoms with Crippen LogP contribution in [-0.4, -0.2) is 60.8 Å². The molecule has 0 radical (unpaired) electrons. The van der Waals surface area contributed by atoms with Gasteiger partial charge in [-0.2, -0.15) is 0 Å². The molecule has 174 valence electrons. The minimum atomic E-state index is 0.0733. The first-order chi connectivity index (χ1) is 15.5. The van der Waals surface area contributed by atoms with Crippen LogP contribution >= 0.6 is 0 Å². The summed E-state index contributed by atoms with van der Waals surface area (Å²) in [5.41, 5.74) is 3.89. The predicted molar refractivity (Wildman–Crippen MR) is 132 cm³/mol. The van der Waals surface area contributed by atoms with E-state index < -0.39 is 0 Å². The van der Waals surface area contributed by atoms with Gasteiger partial charge < -0.3 is 14.4 Å². The van der Waals surface area contributed by atoms with Crippen molar-refractivity contribution in [2.45, 2.75) is 70.7 Å². The number of methoxy groups -OCH3 is 1. The molecule has 2 saturated heterocycles. The lowest BCUT2D eigenvalue weighted by Crippen LogP contribution is -2.54. The molecule has 4 heteroatoms. The number of hydrogen-bond acceptors (Lipinski definition) is 4. The normalized spacial score (nSPS) is 21.4. The summed E-state index contributed by atoms with van der Waals surface area (Å²) in [6.07, 6.45) is 4.61. The number of likely N-dealkylation sites (tertiary alicyclic amines) is 1. The predicted octanol–water partition coefficient (Wildman–Crippen LogP) is 5.61. The molecule has 2 aliphatic heterocycles. The van der Waals surface area contributed by atoms with Gasteiger partial charge in [-0.3, -0.25) is 4.90 Å². The Morgan fingerprint density at radius 3 is 2.44 bits per heavy atom. The van der Waals surface area contributed by atoms with Crippen molar-refractivity contribution in [2.75, 3.05) is 33.4 Å². The molecule has 4 rings (SSSR count). The minimum Gasteiger partial charge on any atom is -0.496 e. The quantitative estimate of drug-likeness (QED) is 0.563. The third-order valence-electron chi connectivity index (χ3n) is 7.62. The highest BCUT2D eigenvalue weighted by molar-refractivity contribution is 5.73. The summed E-state index contributed by atoms with van der Waals surface area (Å²) in [4.78, 5) is 5.27. The van der Waals surface area contributed by atoms with Gasteiger partial charge in [0, 0.05) is 43.9 Å². The molecule has 0 aliphatic carbocycles. The maximum absolute atomic E-state index is 6.46. The van der Waals surface area contributed by atoms with Gasteiger partial charge >= 0.3 is 0 Å². The Balaban J connectivity index is 1.51. The summed E-state index contributed by atoms with van der Waals surface area (Å²) in [6.45, 7) is 12.1. The van der Waals surface area contributed by atoms with Gasteiger partial charge in [-0.25, -0.2) is 0 Å². The summed E-state index contributed by atoms with van der Waals surface area (Å²) in [7, 11) is 1.76. The number of rotatable bonds is 7. The Morgan fingerprint density at radius 1 is 1.06 bits per heavy atom. The van der Waals surface area contributed by atoms with Gasteiger partial charge in [-0.05, 0) is 63.3 Å². The van der Waals surface area contributed by atoms with Crippen molar-refractivity contribution in [3.8, 4) is 16.9 Å². The number of hydrogen-bond donors (Lipinski definition) is 0. The van der Waals surface area contributed by atoms with E-state index >= 15 is 0 Å². The largest absolute Gasteiger partial charge is 0.496 e. The second-order valence-corrected chi connectivity index (χ2v) is 9.73. The van der Waals surface area contributed by atoms with Gasteiger partial charge in [0.1, 0.15) is 5.75 Å². The molecule has 2 aliphatic rings. The zero-order valence-corrected chi connectivity index (χ0v) is 20.3. The first-order valence-corrected chi connectivity index (χ1v) is 12.4. The Bertz CT molecular complexity index is 873. The smallest absolute Gasteiger partial charge is 0.126 e. The molecule has 4 nitrogen and oxygen atoms in total. The van der Waals surface area contributed by atoms with Crippen molar-refractivity contribution in [3.63, 3.8) is 0 Å². The van der Waals surface area contributed by atoms with E-state index in [1.165, 1.54) is 16.7 Å². The van der Waals surface area contributed by atoms with E-state index in [-0.39, 0.29) is 5.60 Å². The van der Waals surface area contributed by atoms with E-state index in [2.05, 4.69) is 73.0 Å². The molecule has 2 fully saturated rings. The van der Waals surface area contributed by atoms with Crippen LogP contribution in [0.2, 0.25) is 0 Å². The molecule has 1 spiro atoms. The van der Waals surface area contributed by atoms with E-state index in [0.717, 1.165) is 64.2 Å². The van der Waals surface area contributed by atoms with Gasteiger partial charge in [0.05, 0.1) is 12.7 Å². The Labute approximate surface area is 194 Å². The molecule has 1 unspecified atom stereocenters. The SMILES string of the molecule is CCN(Cc1ccccc1-c1ccccc1OC)C1CCOC2(CCN(C(C)C)CC2)C1. The minimum absolute atomic E-state index is 0.0733. The third kappa shape index (κ3) is 5.03. The molecule has 0 saturated carbocycles. The van der Waals surface area contributed by atoms with Crippen molar-refractivity contribution >= 4 is 0 Å². The van der Waals surface area contributed by atoms with Gasteiger partial charge in [0.2, 0.25) is 0 Å². The fourth-order valence-electron chi connectivity index (χ4n) is 5.62. The Hall–Kier alpha value is -1.88. The van der Waals surface area contributed by atoms with Crippen LogP contribution in [0.25, 0.3) is 11.1 Å². The summed E-state index contributed by atoms with van der Waals surface area (Å²) in [6, 6.07) is 18.4. The van der Waals surface area contributed by atoms with Crippen LogP contribution in [0.5, 0.6) is 5.75 Å². The summed E-state index contributed by atoms with van der Waals surface area (Å²) >= 11 is 0. The summed E-state index contributed by atoms with van der Waals surface area (Å²) in [5, 5.41) is 0. The van der Waals surface area contributed by atoms with Crippen LogP contribution in [0.15, 0.2) is 48.5 Å². The summed E-state index contributed by atoms with van der Waals surface area (Å²) in [5.74, 6) is 0.935. The Morgan fingerprint density at radius 2 is 1.75 bits per heavy atom. The lowest BCUT2D eigenvalue weighted by Gasteiger charge is -2.49. The molecule has 0 amide bonds. The van der Waals surface area contributed by atoms with E-state index in [0.29, 0.717) is 12.1 Å². The zero-order valence-electron chi connectivity index (χ0n) is 20.3. The first-order valence-electron chi connectivity index (χ1n) is 12.4. The molecule has 1 atom stereocenters. The fourth-order valence-corrected chi connectivity index (χ4v) is 5.62. The van der Waals surface area contributed by atoms with Crippen molar-refractivity contribution in [1.29, 1.82) is 0 Å². The molecule has 0 N–H and O–H groups in total. The second-order valence-electron chi connectivity index (χ2n) is 9.73. The van der Waals surface area contributed by atoms with Crippen LogP contribution in [0.4, 0.5) is 0 Å². The lowest BCUT2D eigenvalue weighted by atomic mass is 9.81. The average molecular weight is 437 g/mol. The topological polar surface area (TPSA) is 24.9 Å². The number of nitrogens with zero attached hydrogens (tertiary/aromatic N) is 2. The fraction of sp³-hybridized carbons (Fsp3) is 0.571. The third-order valence-corrected chi connectivity index (χ3v) is 7.62. The number of para-hydroxylation sites is 1. The van der Waals surface area contributed by atoms with Crippen LogP contribution in [0.3, 0.4) is 0 Å². The van der Waals surface area contributed by atoms with Gasteiger partial charge in [0.15, 0.2) is 0 Å². The van der Waals surface area contributed by atoms with E-state index in [4.69, 9.17) is 9.47 Å². The van der Waals surface area contributed by atoms with Crippen molar-refractivity contribution < 1.29 is 9.47 Å². The van der Waals surface area contributed by atoms with Gasteiger partial charge in [-0.15, -0.1) is 0 Å². The van der Waals surface area contributed by atoms with E-state index in [1.807, 2.05) is 6.07 Å². The Kier molecular flexibility index (Phi) is 7.55. The molecule has 32 heavy (non-hydrogen) atoms.